The highest BCUT2D eigenvalue weighted by Crippen LogP contribution is 2.27. The smallest absolute Gasteiger partial charge is 0.271 e. The Morgan fingerprint density at radius 1 is 1.38 bits per heavy atom. The minimum absolute atomic E-state index is 0.0514. The molecule has 90 valence electrons. The molecule has 0 fully saturated rings. The Balaban J connectivity index is 2.95. The first-order valence-corrected chi connectivity index (χ1v) is 4.69. The van der Waals surface area contributed by atoms with E-state index in [0.717, 1.165) is 6.07 Å². The van der Waals surface area contributed by atoms with Crippen LogP contribution in [0.3, 0.4) is 0 Å². The van der Waals surface area contributed by atoms with E-state index in [4.69, 9.17) is 17.4 Å². The molecule has 1 aromatic carbocycles. The zero-order chi connectivity index (χ0) is 12.3. The van der Waals surface area contributed by atoms with Gasteiger partial charge in [0.1, 0.15) is 11.9 Å². The number of nitrogens with two attached hydrogens (primary N) is 1. The number of hydrogen-bond acceptors (Lipinski definition) is 2. The average Bonchev–Trinajstić information content (AvgIpc) is 2.15. The number of rotatable bonds is 3. The van der Waals surface area contributed by atoms with Crippen LogP contribution in [0, 0.1) is 5.82 Å². The van der Waals surface area contributed by atoms with Crippen LogP contribution in [0.5, 0.6) is 0 Å². The molecule has 0 amide bonds. The molecule has 1 unspecified atom stereocenters. The molecule has 0 radical (unpaired) electrons. The average molecular weight is 257 g/mol. The summed E-state index contributed by atoms with van der Waals surface area (Å²) in [5, 5.41) is -0.0514. The van der Waals surface area contributed by atoms with Crippen LogP contribution in [0.4, 0.5) is 17.6 Å². The van der Waals surface area contributed by atoms with E-state index < -0.39 is 24.5 Å². The van der Waals surface area contributed by atoms with Gasteiger partial charge < -0.3 is 0 Å². The van der Waals surface area contributed by atoms with Crippen molar-refractivity contribution in [1.82, 2.24) is 5.43 Å². The van der Waals surface area contributed by atoms with E-state index in [9.17, 15) is 17.6 Å². The molecule has 1 atom stereocenters. The van der Waals surface area contributed by atoms with Crippen molar-refractivity contribution in [2.75, 3.05) is 0 Å². The van der Waals surface area contributed by atoms with Crippen LogP contribution in [0.2, 0.25) is 5.02 Å². The minimum atomic E-state index is -4.56. The summed E-state index contributed by atoms with van der Waals surface area (Å²) < 4.78 is 50.3. The summed E-state index contributed by atoms with van der Waals surface area (Å²) in [5.41, 5.74) is 1.39. The van der Waals surface area contributed by atoms with Gasteiger partial charge >= 0.3 is 6.18 Å². The SMILES string of the molecule is NNC(Cc1c(F)cccc1Cl)C(F)(F)F. The highest BCUT2D eigenvalue weighted by molar-refractivity contribution is 6.31. The van der Waals surface area contributed by atoms with Gasteiger partial charge in [-0.2, -0.15) is 13.2 Å². The molecule has 7 heteroatoms. The molecule has 0 saturated carbocycles. The summed E-state index contributed by atoms with van der Waals surface area (Å²) in [4.78, 5) is 0. The van der Waals surface area contributed by atoms with Crippen LogP contribution in [-0.4, -0.2) is 12.2 Å². The molecule has 3 N–H and O–H groups in total. The molecule has 0 aliphatic heterocycles. The van der Waals surface area contributed by atoms with Crippen molar-refractivity contribution < 1.29 is 17.6 Å². The van der Waals surface area contributed by atoms with E-state index in [1.54, 1.807) is 5.43 Å². The van der Waals surface area contributed by atoms with E-state index in [1.807, 2.05) is 0 Å². The maximum Gasteiger partial charge on any atom is 0.405 e. The second-order valence-electron chi connectivity index (χ2n) is 3.17. The quantitative estimate of drug-likeness (QED) is 0.495. The lowest BCUT2D eigenvalue weighted by Crippen LogP contribution is -2.47. The van der Waals surface area contributed by atoms with E-state index in [-0.39, 0.29) is 10.6 Å². The fourth-order valence-electron chi connectivity index (χ4n) is 1.20. The van der Waals surface area contributed by atoms with Crippen molar-refractivity contribution in [3.63, 3.8) is 0 Å². The van der Waals surface area contributed by atoms with Crippen molar-refractivity contribution in [2.24, 2.45) is 5.84 Å². The number of halogens is 5. The number of nitrogens with one attached hydrogen (secondary N) is 1. The Hall–Kier alpha value is -0.850. The van der Waals surface area contributed by atoms with E-state index in [0.29, 0.717) is 0 Å². The Bertz CT molecular complexity index is 347. The van der Waals surface area contributed by atoms with Crippen LogP contribution < -0.4 is 11.3 Å². The number of hydrazine groups is 1. The van der Waals surface area contributed by atoms with Crippen molar-refractivity contribution in [3.8, 4) is 0 Å². The van der Waals surface area contributed by atoms with Gasteiger partial charge in [0.2, 0.25) is 0 Å². The number of benzene rings is 1. The summed E-state index contributed by atoms with van der Waals surface area (Å²) in [6, 6.07) is 1.66. The predicted octanol–water partition coefficient (Wildman–Crippen LogP) is 2.42. The molecule has 0 spiro atoms. The fraction of sp³-hybridized carbons (Fsp3) is 0.333. The molecule has 0 bridgehead atoms. The van der Waals surface area contributed by atoms with Gasteiger partial charge in [-0.1, -0.05) is 17.7 Å². The van der Waals surface area contributed by atoms with Gasteiger partial charge in [0, 0.05) is 17.0 Å². The molecule has 0 saturated heterocycles. The first-order chi connectivity index (χ1) is 7.36. The van der Waals surface area contributed by atoms with Gasteiger partial charge in [0.15, 0.2) is 0 Å². The number of alkyl halides is 3. The predicted molar refractivity (Wildman–Crippen MR) is 52.3 cm³/mol. The minimum Gasteiger partial charge on any atom is -0.271 e. The third-order valence-electron chi connectivity index (χ3n) is 2.07. The van der Waals surface area contributed by atoms with Crippen molar-refractivity contribution >= 4 is 11.6 Å². The van der Waals surface area contributed by atoms with E-state index in [1.165, 1.54) is 12.1 Å². The summed E-state index contributed by atoms with van der Waals surface area (Å²) >= 11 is 5.60. The first-order valence-electron chi connectivity index (χ1n) is 4.32. The molecule has 2 nitrogen and oxygen atoms in total. The zero-order valence-electron chi connectivity index (χ0n) is 7.98. The molecule has 0 heterocycles. The Morgan fingerprint density at radius 2 is 2.00 bits per heavy atom. The van der Waals surface area contributed by atoms with Gasteiger partial charge in [0.25, 0.3) is 0 Å². The molecular formula is C9H9ClF4N2. The van der Waals surface area contributed by atoms with Gasteiger partial charge in [-0.15, -0.1) is 0 Å². The van der Waals surface area contributed by atoms with Crippen LogP contribution in [0.25, 0.3) is 0 Å². The third kappa shape index (κ3) is 3.07. The van der Waals surface area contributed by atoms with Crippen LogP contribution >= 0.6 is 11.6 Å². The summed E-state index contributed by atoms with van der Waals surface area (Å²) in [7, 11) is 0. The fourth-order valence-corrected chi connectivity index (χ4v) is 1.44. The van der Waals surface area contributed by atoms with Gasteiger partial charge in [-0.3, -0.25) is 5.84 Å². The molecule has 0 aromatic heterocycles. The highest BCUT2D eigenvalue weighted by atomic mass is 35.5. The van der Waals surface area contributed by atoms with Gasteiger partial charge in [-0.25, -0.2) is 9.82 Å². The summed E-state index contributed by atoms with van der Waals surface area (Å²) in [5.74, 6) is 3.99. The van der Waals surface area contributed by atoms with Gasteiger partial charge in [-0.05, 0) is 12.1 Å². The zero-order valence-corrected chi connectivity index (χ0v) is 8.74. The summed E-state index contributed by atoms with van der Waals surface area (Å²) in [6.45, 7) is 0. The Labute approximate surface area is 94.4 Å². The molecule has 1 rings (SSSR count). The van der Waals surface area contributed by atoms with Crippen LogP contribution in [0.15, 0.2) is 18.2 Å². The molecular weight excluding hydrogens is 248 g/mol. The monoisotopic (exact) mass is 256 g/mol. The van der Waals surface area contributed by atoms with Gasteiger partial charge in [0.05, 0.1) is 0 Å². The van der Waals surface area contributed by atoms with Crippen LogP contribution in [-0.2, 0) is 6.42 Å². The molecule has 1 aromatic rings. The highest BCUT2D eigenvalue weighted by Gasteiger charge is 2.39. The molecule has 16 heavy (non-hydrogen) atoms. The van der Waals surface area contributed by atoms with Crippen molar-refractivity contribution in [1.29, 1.82) is 0 Å². The maximum atomic E-state index is 13.2. The van der Waals surface area contributed by atoms with Crippen molar-refractivity contribution in [2.45, 2.75) is 18.6 Å². The second kappa shape index (κ2) is 4.99. The largest absolute Gasteiger partial charge is 0.405 e. The third-order valence-corrected chi connectivity index (χ3v) is 2.42. The number of hydrogen-bond donors (Lipinski definition) is 2. The second-order valence-corrected chi connectivity index (χ2v) is 3.57. The summed E-state index contributed by atoms with van der Waals surface area (Å²) in [6.07, 6.45) is -5.20. The lowest BCUT2D eigenvalue weighted by atomic mass is 10.1. The Morgan fingerprint density at radius 3 is 2.44 bits per heavy atom. The lowest BCUT2D eigenvalue weighted by Gasteiger charge is -2.19. The molecule has 0 aliphatic carbocycles. The van der Waals surface area contributed by atoms with E-state index in [2.05, 4.69) is 0 Å². The molecule has 0 aliphatic rings. The maximum absolute atomic E-state index is 13.2. The standard InChI is InChI=1S/C9H9ClF4N2/c10-6-2-1-3-7(11)5(6)4-8(16-15)9(12,13)14/h1-3,8,16H,4,15H2. The van der Waals surface area contributed by atoms with Crippen molar-refractivity contribution in [3.05, 3.63) is 34.6 Å². The first kappa shape index (κ1) is 13.2. The van der Waals surface area contributed by atoms with Crippen LogP contribution in [0.1, 0.15) is 5.56 Å². The topological polar surface area (TPSA) is 38.0 Å². The Kier molecular flexibility index (Phi) is 4.12. The van der Waals surface area contributed by atoms with E-state index >= 15 is 0 Å². The lowest BCUT2D eigenvalue weighted by molar-refractivity contribution is -0.155. The normalized spacial score (nSPS) is 13.9.